The van der Waals surface area contributed by atoms with Gasteiger partial charge in [0, 0.05) is 12.1 Å². The molecule has 0 spiro atoms. The minimum atomic E-state index is 0.463. The second-order valence-electron chi connectivity index (χ2n) is 7.61. The van der Waals surface area contributed by atoms with Crippen molar-refractivity contribution in [3.63, 3.8) is 0 Å². The molecule has 3 unspecified atom stereocenters. The summed E-state index contributed by atoms with van der Waals surface area (Å²) in [6, 6.07) is 1.25. The van der Waals surface area contributed by atoms with Gasteiger partial charge in [-0.3, -0.25) is 0 Å². The van der Waals surface area contributed by atoms with Crippen LogP contribution in [0.4, 0.5) is 0 Å². The van der Waals surface area contributed by atoms with Crippen LogP contribution in [0.2, 0.25) is 0 Å². The first-order chi connectivity index (χ1) is 8.47. The predicted molar refractivity (Wildman–Crippen MR) is 78.6 cm³/mol. The number of nitrogens with two attached hydrogens (primary N) is 1. The van der Waals surface area contributed by atoms with Crippen molar-refractivity contribution in [3.05, 3.63) is 0 Å². The van der Waals surface area contributed by atoms with Gasteiger partial charge in [0.2, 0.25) is 0 Å². The van der Waals surface area contributed by atoms with Crippen molar-refractivity contribution in [3.8, 4) is 0 Å². The van der Waals surface area contributed by atoms with Crippen molar-refractivity contribution in [1.82, 2.24) is 4.90 Å². The molecule has 0 radical (unpaired) electrons. The van der Waals surface area contributed by atoms with E-state index in [9.17, 15) is 0 Å². The Hall–Kier alpha value is -0.0800. The predicted octanol–water partition coefficient (Wildman–Crippen LogP) is 3.40. The Kier molecular flexibility index (Phi) is 4.71. The van der Waals surface area contributed by atoms with Crippen LogP contribution in [-0.2, 0) is 0 Å². The maximum Gasteiger partial charge on any atom is 0.0110 e. The van der Waals surface area contributed by atoms with Crippen molar-refractivity contribution in [1.29, 1.82) is 0 Å². The Morgan fingerprint density at radius 2 is 1.72 bits per heavy atom. The van der Waals surface area contributed by atoms with Crippen LogP contribution in [0.25, 0.3) is 0 Å². The van der Waals surface area contributed by atoms with Crippen molar-refractivity contribution >= 4 is 0 Å². The first-order valence-corrected chi connectivity index (χ1v) is 7.96. The quantitative estimate of drug-likeness (QED) is 0.775. The highest BCUT2D eigenvalue weighted by Gasteiger charge is 2.30. The minimum absolute atomic E-state index is 0.463. The summed E-state index contributed by atoms with van der Waals surface area (Å²) < 4.78 is 0. The molecule has 3 atom stereocenters. The highest BCUT2D eigenvalue weighted by molar-refractivity contribution is 4.85. The smallest absolute Gasteiger partial charge is 0.0110 e. The maximum absolute atomic E-state index is 6.14. The lowest BCUT2D eigenvalue weighted by atomic mass is 9.77. The van der Waals surface area contributed by atoms with Crippen molar-refractivity contribution in [2.75, 3.05) is 13.1 Å². The second-order valence-corrected chi connectivity index (χ2v) is 7.61. The number of hydrogen-bond donors (Lipinski definition) is 1. The van der Waals surface area contributed by atoms with E-state index in [0.717, 1.165) is 12.0 Å². The van der Waals surface area contributed by atoms with Gasteiger partial charge in [-0.05, 0) is 62.9 Å². The highest BCUT2D eigenvalue weighted by atomic mass is 15.2. The molecule has 0 aromatic rings. The molecule has 1 aliphatic heterocycles. The molecular formula is C16H32N2. The fourth-order valence-corrected chi connectivity index (χ4v) is 3.88. The molecule has 0 aromatic heterocycles. The lowest BCUT2D eigenvalue weighted by molar-refractivity contribution is 0.144. The standard InChI is InChI=1S/C16H32N2/c1-16(2,3)13-6-5-10-18(11-9-13)15-8-4-7-14(17)12-15/h13-15H,4-12,17H2,1-3H3. The van der Waals surface area contributed by atoms with Crippen molar-refractivity contribution in [2.45, 2.75) is 77.8 Å². The number of hydrogen-bond acceptors (Lipinski definition) is 2. The second kappa shape index (κ2) is 5.92. The molecule has 1 aliphatic carbocycles. The molecule has 18 heavy (non-hydrogen) atoms. The summed E-state index contributed by atoms with van der Waals surface area (Å²) in [4.78, 5) is 2.75. The van der Waals surface area contributed by atoms with Gasteiger partial charge in [0.15, 0.2) is 0 Å². The summed E-state index contributed by atoms with van der Waals surface area (Å²) in [5, 5.41) is 0. The van der Waals surface area contributed by atoms with E-state index in [0.29, 0.717) is 11.5 Å². The summed E-state index contributed by atoms with van der Waals surface area (Å²) in [5.41, 5.74) is 6.63. The molecule has 2 fully saturated rings. The Labute approximate surface area is 113 Å². The number of likely N-dealkylation sites (tertiary alicyclic amines) is 1. The monoisotopic (exact) mass is 252 g/mol. The minimum Gasteiger partial charge on any atom is -0.328 e. The summed E-state index contributed by atoms with van der Waals surface area (Å²) in [7, 11) is 0. The van der Waals surface area contributed by atoms with Gasteiger partial charge >= 0.3 is 0 Å². The molecule has 0 aromatic carbocycles. The fraction of sp³-hybridized carbons (Fsp3) is 1.00. The Morgan fingerprint density at radius 3 is 2.39 bits per heavy atom. The first kappa shape index (κ1) is 14.3. The zero-order valence-corrected chi connectivity index (χ0v) is 12.6. The third-order valence-electron chi connectivity index (χ3n) is 5.19. The third kappa shape index (κ3) is 3.71. The number of nitrogens with zero attached hydrogens (tertiary/aromatic N) is 1. The maximum atomic E-state index is 6.14. The van der Waals surface area contributed by atoms with Crippen LogP contribution in [0.3, 0.4) is 0 Å². The van der Waals surface area contributed by atoms with E-state index in [4.69, 9.17) is 5.73 Å². The van der Waals surface area contributed by atoms with E-state index in [2.05, 4.69) is 25.7 Å². The summed E-state index contributed by atoms with van der Waals surface area (Å²) in [5.74, 6) is 0.903. The van der Waals surface area contributed by atoms with E-state index < -0.39 is 0 Å². The molecule has 106 valence electrons. The summed E-state index contributed by atoms with van der Waals surface area (Å²) in [6.07, 6.45) is 9.38. The zero-order chi connectivity index (χ0) is 13.2. The van der Waals surface area contributed by atoms with E-state index in [-0.39, 0.29) is 0 Å². The Bertz CT molecular complexity index is 256. The molecule has 2 rings (SSSR count). The Balaban J connectivity index is 1.88. The van der Waals surface area contributed by atoms with Crippen LogP contribution in [-0.4, -0.2) is 30.1 Å². The van der Waals surface area contributed by atoms with E-state index in [1.807, 2.05) is 0 Å². The van der Waals surface area contributed by atoms with Crippen LogP contribution < -0.4 is 5.73 Å². The molecule has 1 saturated heterocycles. The van der Waals surface area contributed by atoms with E-state index in [1.54, 1.807) is 0 Å². The lowest BCUT2D eigenvalue weighted by Gasteiger charge is -2.36. The van der Waals surface area contributed by atoms with Crippen LogP contribution in [0.15, 0.2) is 0 Å². The van der Waals surface area contributed by atoms with Gasteiger partial charge < -0.3 is 10.6 Å². The summed E-state index contributed by atoms with van der Waals surface area (Å²) in [6.45, 7) is 9.83. The van der Waals surface area contributed by atoms with Crippen LogP contribution in [0.1, 0.15) is 65.7 Å². The van der Waals surface area contributed by atoms with Gasteiger partial charge in [0.05, 0.1) is 0 Å². The SMILES string of the molecule is CC(C)(C)C1CCCN(C2CCCC(N)C2)CC1. The van der Waals surface area contributed by atoms with Gasteiger partial charge in [-0.1, -0.05) is 27.2 Å². The average Bonchev–Trinajstić information content (AvgIpc) is 2.53. The lowest BCUT2D eigenvalue weighted by Crippen LogP contribution is -2.43. The number of rotatable bonds is 1. The summed E-state index contributed by atoms with van der Waals surface area (Å²) >= 11 is 0. The van der Waals surface area contributed by atoms with E-state index in [1.165, 1.54) is 58.0 Å². The molecule has 2 aliphatic rings. The van der Waals surface area contributed by atoms with Crippen LogP contribution >= 0.6 is 0 Å². The van der Waals surface area contributed by atoms with Gasteiger partial charge in [0.1, 0.15) is 0 Å². The topological polar surface area (TPSA) is 29.3 Å². The highest BCUT2D eigenvalue weighted by Crippen LogP contribution is 2.35. The van der Waals surface area contributed by atoms with Crippen LogP contribution in [0.5, 0.6) is 0 Å². The molecule has 2 nitrogen and oxygen atoms in total. The van der Waals surface area contributed by atoms with Gasteiger partial charge in [-0.15, -0.1) is 0 Å². The molecule has 1 saturated carbocycles. The molecule has 2 N–H and O–H groups in total. The largest absolute Gasteiger partial charge is 0.328 e. The van der Waals surface area contributed by atoms with Crippen molar-refractivity contribution in [2.24, 2.45) is 17.1 Å². The van der Waals surface area contributed by atoms with Crippen LogP contribution in [0, 0.1) is 11.3 Å². The van der Waals surface area contributed by atoms with Crippen molar-refractivity contribution < 1.29 is 0 Å². The first-order valence-electron chi connectivity index (χ1n) is 7.96. The van der Waals surface area contributed by atoms with Gasteiger partial charge in [-0.25, -0.2) is 0 Å². The zero-order valence-electron chi connectivity index (χ0n) is 12.6. The van der Waals surface area contributed by atoms with E-state index >= 15 is 0 Å². The fourth-order valence-electron chi connectivity index (χ4n) is 3.88. The average molecular weight is 252 g/mol. The molecule has 0 amide bonds. The Morgan fingerprint density at radius 1 is 0.944 bits per heavy atom. The molecule has 2 heteroatoms. The molecular weight excluding hydrogens is 220 g/mol. The third-order valence-corrected chi connectivity index (χ3v) is 5.19. The van der Waals surface area contributed by atoms with Gasteiger partial charge in [-0.2, -0.15) is 0 Å². The molecule has 1 heterocycles. The van der Waals surface area contributed by atoms with Gasteiger partial charge in [0.25, 0.3) is 0 Å². The normalized spacial score (nSPS) is 36.3. The molecule has 0 bridgehead atoms.